The summed E-state index contributed by atoms with van der Waals surface area (Å²) >= 11 is 0. The number of hydrogen-bond acceptors (Lipinski definition) is 5. The van der Waals surface area contributed by atoms with Crippen molar-refractivity contribution in [1.82, 2.24) is 20.4 Å². The van der Waals surface area contributed by atoms with E-state index >= 15 is 0 Å². The van der Waals surface area contributed by atoms with Crippen molar-refractivity contribution in [1.29, 1.82) is 0 Å². The Balaban J connectivity index is 1.64. The molecule has 28 heavy (non-hydrogen) atoms. The van der Waals surface area contributed by atoms with Crippen molar-refractivity contribution in [2.24, 2.45) is 0 Å². The first-order chi connectivity index (χ1) is 13.3. The van der Waals surface area contributed by atoms with Gasteiger partial charge < -0.3 is 14.7 Å². The molecule has 0 aliphatic carbocycles. The summed E-state index contributed by atoms with van der Waals surface area (Å²) in [6.45, 7) is 6.69. The van der Waals surface area contributed by atoms with Gasteiger partial charge in [-0.25, -0.2) is 4.39 Å². The zero-order valence-corrected chi connectivity index (χ0v) is 16.4. The van der Waals surface area contributed by atoms with E-state index in [0.29, 0.717) is 37.6 Å². The van der Waals surface area contributed by atoms with Gasteiger partial charge in [-0.2, -0.15) is 4.98 Å². The highest BCUT2D eigenvalue weighted by atomic mass is 19.1. The minimum atomic E-state index is -0.946. The molecular weight excluding hydrogens is 363 g/mol. The summed E-state index contributed by atoms with van der Waals surface area (Å²) in [5, 5.41) is 6.68. The molecule has 1 atom stereocenters. The Hall–Kier alpha value is -2.77. The number of hydrogen-bond donors (Lipinski definition) is 1. The molecule has 3 rings (SSSR count). The lowest BCUT2D eigenvalue weighted by Gasteiger charge is -2.35. The molecule has 7 nitrogen and oxygen atoms in total. The first-order valence-corrected chi connectivity index (χ1v) is 9.42. The third-order valence-corrected chi connectivity index (χ3v) is 4.65. The monoisotopic (exact) mass is 388 g/mol. The SMILES string of the molecule is CC(C)(C)c1noc(CCCC(=O)N2CCNC(=O)[C@H]2c2ccccc2F)n1. The number of piperazine rings is 1. The number of halogens is 1. The molecule has 0 radical (unpaired) electrons. The number of benzene rings is 1. The van der Waals surface area contributed by atoms with Crippen LogP contribution in [0.25, 0.3) is 0 Å². The van der Waals surface area contributed by atoms with Crippen LogP contribution in [0, 0.1) is 5.82 Å². The highest BCUT2D eigenvalue weighted by Gasteiger charge is 2.35. The van der Waals surface area contributed by atoms with Crippen LogP contribution in [0.4, 0.5) is 4.39 Å². The number of nitrogens with zero attached hydrogens (tertiary/aromatic N) is 3. The van der Waals surface area contributed by atoms with Crippen molar-refractivity contribution < 1.29 is 18.5 Å². The van der Waals surface area contributed by atoms with Crippen LogP contribution >= 0.6 is 0 Å². The van der Waals surface area contributed by atoms with E-state index in [9.17, 15) is 14.0 Å². The van der Waals surface area contributed by atoms with Crippen LogP contribution in [-0.2, 0) is 21.4 Å². The van der Waals surface area contributed by atoms with Gasteiger partial charge in [-0.1, -0.05) is 44.1 Å². The van der Waals surface area contributed by atoms with Crippen molar-refractivity contribution in [2.45, 2.75) is 51.5 Å². The lowest BCUT2D eigenvalue weighted by Crippen LogP contribution is -2.52. The highest BCUT2D eigenvalue weighted by Crippen LogP contribution is 2.26. The predicted octanol–water partition coefficient (Wildman–Crippen LogP) is 2.53. The second-order valence-electron chi connectivity index (χ2n) is 7.92. The summed E-state index contributed by atoms with van der Waals surface area (Å²) in [6.07, 6.45) is 1.19. The van der Waals surface area contributed by atoms with Gasteiger partial charge in [0.1, 0.15) is 11.9 Å². The maximum Gasteiger partial charge on any atom is 0.247 e. The van der Waals surface area contributed by atoms with Crippen molar-refractivity contribution >= 4 is 11.8 Å². The normalized spacial score (nSPS) is 17.5. The molecule has 1 saturated heterocycles. The van der Waals surface area contributed by atoms with Crippen LogP contribution in [0.2, 0.25) is 0 Å². The lowest BCUT2D eigenvalue weighted by molar-refractivity contribution is -0.143. The van der Waals surface area contributed by atoms with E-state index in [-0.39, 0.29) is 29.2 Å². The molecule has 2 heterocycles. The fourth-order valence-electron chi connectivity index (χ4n) is 3.14. The quantitative estimate of drug-likeness (QED) is 0.850. The number of carbonyl (C=O) groups excluding carboxylic acids is 2. The first-order valence-electron chi connectivity index (χ1n) is 9.42. The summed E-state index contributed by atoms with van der Waals surface area (Å²) in [5.41, 5.74) is 0.00545. The number of nitrogens with one attached hydrogen (secondary N) is 1. The van der Waals surface area contributed by atoms with Crippen LogP contribution in [0.5, 0.6) is 0 Å². The largest absolute Gasteiger partial charge is 0.352 e. The molecule has 1 aliphatic heterocycles. The predicted molar refractivity (Wildman–Crippen MR) is 99.8 cm³/mol. The van der Waals surface area contributed by atoms with Gasteiger partial charge in [0, 0.05) is 36.9 Å². The number of aryl methyl sites for hydroxylation is 1. The van der Waals surface area contributed by atoms with Crippen molar-refractivity contribution in [3.05, 3.63) is 47.4 Å². The molecule has 1 N–H and O–H groups in total. The molecular formula is C20H25FN4O3. The average molecular weight is 388 g/mol. The molecule has 0 unspecified atom stereocenters. The van der Waals surface area contributed by atoms with Gasteiger partial charge in [-0.3, -0.25) is 9.59 Å². The Labute approximate surface area is 163 Å². The standard InChI is InChI=1S/C20H25FN4O3/c1-20(2,3)19-23-15(28-24-19)9-6-10-16(26)25-12-11-22-18(27)17(25)13-7-4-5-8-14(13)21/h4-5,7-8,17H,6,9-12H2,1-3H3,(H,22,27)/t17-/m1/s1. The molecule has 2 amide bonds. The minimum Gasteiger partial charge on any atom is -0.352 e. The third kappa shape index (κ3) is 4.37. The zero-order chi connectivity index (χ0) is 20.3. The first kappa shape index (κ1) is 20.0. The van der Waals surface area contributed by atoms with Gasteiger partial charge in [0.05, 0.1) is 0 Å². The molecule has 1 aromatic carbocycles. The zero-order valence-electron chi connectivity index (χ0n) is 16.4. The number of carbonyl (C=O) groups is 2. The van der Waals surface area contributed by atoms with Gasteiger partial charge in [-0.15, -0.1) is 0 Å². The smallest absolute Gasteiger partial charge is 0.247 e. The van der Waals surface area contributed by atoms with E-state index in [1.807, 2.05) is 20.8 Å². The minimum absolute atomic E-state index is 0.196. The Bertz CT molecular complexity index is 859. The molecule has 1 aliphatic rings. The van der Waals surface area contributed by atoms with Crippen LogP contribution in [0.3, 0.4) is 0 Å². The lowest BCUT2D eigenvalue weighted by atomic mass is 9.96. The van der Waals surface area contributed by atoms with E-state index in [1.165, 1.54) is 17.0 Å². The fraction of sp³-hybridized carbons (Fsp3) is 0.500. The molecule has 2 aromatic rings. The topological polar surface area (TPSA) is 88.3 Å². The third-order valence-electron chi connectivity index (χ3n) is 4.65. The average Bonchev–Trinajstić information content (AvgIpc) is 3.11. The summed E-state index contributed by atoms with van der Waals surface area (Å²) < 4.78 is 19.5. The maximum absolute atomic E-state index is 14.2. The molecule has 1 aromatic heterocycles. The van der Waals surface area contributed by atoms with E-state index in [2.05, 4.69) is 15.5 Å². The van der Waals surface area contributed by atoms with Crippen LogP contribution in [0.15, 0.2) is 28.8 Å². The number of rotatable bonds is 5. The molecule has 0 bridgehead atoms. The van der Waals surface area contributed by atoms with E-state index in [4.69, 9.17) is 4.52 Å². The van der Waals surface area contributed by atoms with Crippen LogP contribution < -0.4 is 5.32 Å². The molecule has 8 heteroatoms. The number of aromatic nitrogens is 2. The Morgan fingerprint density at radius 2 is 2.11 bits per heavy atom. The Kier molecular flexibility index (Phi) is 5.76. The van der Waals surface area contributed by atoms with E-state index in [0.717, 1.165) is 0 Å². The van der Waals surface area contributed by atoms with Gasteiger partial charge >= 0.3 is 0 Å². The molecule has 0 saturated carbocycles. The van der Waals surface area contributed by atoms with Gasteiger partial charge in [0.25, 0.3) is 0 Å². The van der Waals surface area contributed by atoms with Crippen molar-refractivity contribution in [2.75, 3.05) is 13.1 Å². The van der Waals surface area contributed by atoms with Gasteiger partial charge in [0.15, 0.2) is 5.82 Å². The van der Waals surface area contributed by atoms with Crippen LogP contribution in [0.1, 0.15) is 56.9 Å². The fourth-order valence-corrected chi connectivity index (χ4v) is 3.14. The summed E-state index contributed by atoms with van der Waals surface area (Å²) in [4.78, 5) is 30.9. The van der Waals surface area contributed by atoms with Gasteiger partial charge in [0.2, 0.25) is 17.7 Å². The van der Waals surface area contributed by atoms with Gasteiger partial charge in [-0.05, 0) is 12.5 Å². The Morgan fingerprint density at radius 1 is 1.36 bits per heavy atom. The Morgan fingerprint density at radius 3 is 2.79 bits per heavy atom. The highest BCUT2D eigenvalue weighted by molar-refractivity contribution is 5.89. The number of amides is 2. The molecule has 0 spiro atoms. The van der Waals surface area contributed by atoms with Crippen LogP contribution in [-0.4, -0.2) is 39.9 Å². The van der Waals surface area contributed by atoms with Crippen molar-refractivity contribution in [3.8, 4) is 0 Å². The molecule has 1 fully saturated rings. The summed E-state index contributed by atoms with van der Waals surface area (Å²) in [6, 6.07) is 5.10. The second kappa shape index (κ2) is 8.08. The maximum atomic E-state index is 14.2. The molecule has 150 valence electrons. The van der Waals surface area contributed by atoms with E-state index in [1.54, 1.807) is 12.1 Å². The van der Waals surface area contributed by atoms with E-state index < -0.39 is 11.9 Å². The van der Waals surface area contributed by atoms with Crippen molar-refractivity contribution in [3.63, 3.8) is 0 Å². The summed E-state index contributed by atoms with van der Waals surface area (Å²) in [7, 11) is 0. The second-order valence-corrected chi connectivity index (χ2v) is 7.92. The summed E-state index contributed by atoms with van der Waals surface area (Å²) in [5.74, 6) is 0.0546.